The predicted molar refractivity (Wildman–Crippen MR) is 93.1 cm³/mol. The van der Waals surface area contributed by atoms with Gasteiger partial charge < -0.3 is 14.2 Å². The van der Waals surface area contributed by atoms with Crippen LogP contribution in [-0.4, -0.2) is 40.7 Å². The number of hydrogen-bond donors (Lipinski definition) is 0. The molecule has 1 aliphatic carbocycles. The third-order valence-electron chi connectivity index (χ3n) is 5.38. The Balaban J connectivity index is 1.57. The van der Waals surface area contributed by atoms with Crippen LogP contribution >= 0.6 is 0 Å². The van der Waals surface area contributed by atoms with E-state index in [1.807, 2.05) is 13.8 Å². The summed E-state index contributed by atoms with van der Waals surface area (Å²) in [6.07, 6.45) is 6.20. The summed E-state index contributed by atoms with van der Waals surface area (Å²) in [6, 6.07) is 3.60. The van der Waals surface area contributed by atoms with Gasteiger partial charge in [-0.2, -0.15) is 0 Å². The molecule has 0 bridgehead atoms. The van der Waals surface area contributed by atoms with E-state index in [0.29, 0.717) is 13.0 Å². The van der Waals surface area contributed by atoms with Crippen molar-refractivity contribution < 1.29 is 9.53 Å². The van der Waals surface area contributed by atoms with E-state index in [1.165, 1.54) is 12.8 Å². The zero-order chi connectivity index (χ0) is 17.1. The summed E-state index contributed by atoms with van der Waals surface area (Å²) < 4.78 is 7.97. The standard InChI is InChI=1S/C19H28N2O3/c1-14-12-16(22)13-15(2)20(14)9-5-8-19(23)21-10-11-24-18-7-4-3-6-17(18)21/h12-13,17-18H,3-11H2,1-2H3. The minimum absolute atomic E-state index is 0.0500. The van der Waals surface area contributed by atoms with Crippen LogP contribution in [0.15, 0.2) is 16.9 Å². The molecule has 1 saturated heterocycles. The van der Waals surface area contributed by atoms with Crippen molar-refractivity contribution in [1.29, 1.82) is 0 Å². The monoisotopic (exact) mass is 332 g/mol. The highest BCUT2D eigenvalue weighted by Crippen LogP contribution is 2.29. The Hall–Kier alpha value is -1.62. The van der Waals surface area contributed by atoms with E-state index in [9.17, 15) is 9.59 Å². The van der Waals surface area contributed by atoms with E-state index < -0.39 is 0 Å². The average molecular weight is 332 g/mol. The molecule has 2 heterocycles. The van der Waals surface area contributed by atoms with Crippen molar-refractivity contribution in [2.24, 2.45) is 0 Å². The highest BCUT2D eigenvalue weighted by atomic mass is 16.5. The maximum Gasteiger partial charge on any atom is 0.223 e. The summed E-state index contributed by atoms with van der Waals surface area (Å²) in [5, 5.41) is 0. The van der Waals surface area contributed by atoms with Crippen LogP contribution in [0.25, 0.3) is 0 Å². The lowest BCUT2D eigenvalue weighted by atomic mass is 9.90. The van der Waals surface area contributed by atoms with Gasteiger partial charge in [0.05, 0.1) is 18.8 Å². The van der Waals surface area contributed by atoms with Gasteiger partial charge in [0, 0.05) is 43.0 Å². The zero-order valence-electron chi connectivity index (χ0n) is 14.8. The molecule has 1 aromatic heterocycles. The Morgan fingerprint density at radius 3 is 2.67 bits per heavy atom. The lowest BCUT2D eigenvalue weighted by Gasteiger charge is -2.43. The number of morpholine rings is 1. The van der Waals surface area contributed by atoms with Crippen LogP contribution in [0.5, 0.6) is 0 Å². The maximum atomic E-state index is 12.7. The third kappa shape index (κ3) is 3.72. The smallest absolute Gasteiger partial charge is 0.223 e. The molecule has 2 fully saturated rings. The number of aryl methyl sites for hydroxylation is 2. The van der Waals surface area contributed by atoms with E-state index in [0.717, 1.165) is 43.7 Å². The van der Waals surface area contributed by atoms with Crippen LogP contribution in [0.1, 0.15) is 49.9 Å². The second kappa shape index (κ2) is 7.51. The minimum Gasteiger partial charge on any atom is -0.374 e. The summed E-state index contributed by atoms with van der Waals surface area (Å²) in [5.74, 6) is 0.256. The van der Waals surface area contributed by atoms with E-state index in [2.05, 4.69) is 9.47 Å². The van der Waals surface area contributed by atoms with E-state index >= 15 is 0 Å². The molecular formula is C19H28N2O3. The molecule has 5 heteroatoms. The summed E-state index contributed by atoms with van der Waals surface area (Å²) in [7, 11) is 0. The van der Waals surface area contributed by atoms with E-state index in [4.69, 9.17) is 4.74 Å². The molecule has 2 unspecified atom stereocenters. The van der Waals surface area contributed by atoms with Crippen molar-refractivity contribution in [1.82, 2.24) is 9.47 Å². The predicted octanol–water partition coefficient (Wildman–Crippen LogP) is 2.42. The fourth-order valence-electron chi connectivity index (χ4n) is 4.18. The molecule has 1 aromatic rings. The number of carbonyl (C=O) groups excluding carboxylic acids is 1. The molecule has 0 aromatic carbocycles. The number of ether oxygens (including phenoxy) is 1. The first-order valence-electron chi connectivity index (χ1n) is 9.15. The van der Waals surface area contributed by atoms with Crippen molar-refractivity contribution >= 4 is 5.91 Å². The number of rotatable bonds is 4. The Morgan fingerprint density at radius 1 is 1.21 bits per heavy atom. The average Bonchev–Trinajstić information content (AvgIpc) is 2.56. The Labute approximate surface area is 143 Å². The molecule has 3 rings (SSSR count). The third-order valence-corrected chi connectivity index (χ3v) is 5.38. The van der Waals surface area contributed by atoms with Crippen LogP contribution in [-0.2, 0) is 16.1 Å². The lowest BCUT2D eigenvalue weighted by molar-refractivity contribution is -0.149. The molecule has 1 aliphatic heterocycles. The van der Waals surface area contributed by atoms with E-state index in [-0.39, 0.29) is 23.5 Å². The highest BCUT2D eigenvalue weighted by Gasteiger charge is 2.36. The maximum absolute atomic E-state index is 12.7. The van der Waals surface area contributed by atoms with Crippen LogP contribution in [0.4, 0.5) is 0 Å². The van der Waals surface area contributed by atoms with Crippen LogP contribution in [0, 0.1) is 13.8 Å². The molecule has 2 aliphatic rings. The molecule has 132 valence electrons. The summed E-state index contributed by atoms with van der Waals surface area (Å²) in [6.45, 7) is 6.08. The van der Waals surface area contributed by atoms with Gasteiger partial charge in [0.2, 0.25) is 5.91 Å². The zero-order valence-corrected chi connectivity index (χ0v) is 14.8. The molecule has 5 nitrogen and oxygen atoms in total. The van der Waals surface area contributed by atoms with Gasteiger partial charge in [-0.3, -0.25) is 9.59 Å². The number of aromatic nitrogens is 1. The largest absolute Gasteiger partial charge is 0.374 e. The second-order valence-corrected chi connectivity index (χ2v) is 7.08. The molecule has 2 atom stereocenters. The van der Waals surface area contributed by atoms with Crippen molar-refractivity contribution in [2.75, 3.05) is 13.2 Å². The SMILES string of the molecule is Cc1cc(=O)cc(C)n1CCCC(=O)N1CCOC2CCCCC21. The minimum atomic E-state index is 0.0500. The Morgan fingerprint density at radius 2 is 1.92 bits per heavy atom. The highest BCUT2D eigenvalue weighted by molar-refractivity contribution is 5.76. The first-order chi connectivity index (χ1) is 11.6. The molecule has 0 spiro atoms. The second-order valence-electron chi connectivity index (χ2n) is 7.08. The number of fused-ring (bicyclic) bond motifs is 1. The number of pyridine rings is 1. The fourth-order valence-corrected chi connectivity index (χ4v) is 4.18. The quantitative estimate of drug-likeness (QED) is 0.851. The van der Waals surface area contributed by atoms with Gasteiger partial charge in [0.25, 0.3) is 0 Å². The molecule has 1 amide bonds. The van der Waals surface area contributed by atoms with Crippen molar-refractivity contribution in [2.45, 2.75) is 71.1 Å². The molecule has 0 radical (unpaired) electrons. The van der Waals surface area contributed by atoms with Gasteiger partial charge in [-0.25, -0.2) is 0 Å². The fraction of sp³-hybridized carbons (Fsp3) is 0.684. The number of carbonyl (C=O) groups is 1. The Kier molecular flexibility index (Phi) is 5.39. The summed E-state index contributed by atoms with van der Waals surface area (Å²) in [5.41, 5.74) is 1.98. The van der Waals surface area contributed by atoms with E-state index in [1.54, 1.807) is 12.1 Å². The van der Waals surface area contributed by atoms with Gasteiger partial charge in [-0.05, 0) is 33.1 Å². The first-order valence-corrected chi connectivity index (χ1v) is 9.15. The topological polar surface area (TPSA) is 51.5 Å². The molecule has 24 heavy (non-hydrogen) atoms. The summed E-state index contributed by atoms with van der Waals surface area (Å²) >= 11 is 0. The van der Waals surface area contributed by atoms with Gasteiger partial charge in [-0.15, -0.1) is 0 Å². The number of amides is 1. The van der Waals surface area contributed by atoms with Crippen molar-refractivity contribution in [3.8, 4) is 0 Å². The molecule has 1 saturated carbocycles. The van der Waals surface area contributed by atoms with Gasteiger partial charge in [0.15, 0.2) is 5.43 Å². The van der Waals surface area contributed by atoms with Crippen molar-refractivity contribution in [3.05, 3.63) is 33.7 Å². The molecule has 0 N–H and O–H groups in total. The lowest BCUT2D eigenvalue weighted by Crippen LogP contribution is -2.54. The van der Waals surface area contributed by atoms with Crippen molar-refractivity contribution in [3.63, 3.8) is 0 Å². The summed E-state index contributed by atoms with van der Waals surface area (Å²) in [4.78, 5) is 26.2. The van der Waals surface area contributed by atoms with Crippen LogP contribution in [0.3, 0.4) is 0 Å². The van der Waals surface area contributed by atoms with Crippen LogP contribution < -0.4 is 5.43 Å². The number of hydrogen-bond acceptors (Lipinski definition) is 3. The van der Waals surface area contributed by atoms with Gasteiger partial charge in [0.1, 0.15) is 0 Å². The van der Waals surface area contributed by atoms with Gasteiger partial charge in [-0.1, -0.05) is 12.8 Å². The molecular weight excluding hydrogens is 304 g/mol. The normalized spacial score (nSPS) is 23.8. The van der Waals surface area contributed by atoms with Crippen LogP contribution in [0.2, 0.25) is 0 Å². The number of nitrogens with zero attached hydrogens (tertiary/aromatic N) is 2. The first kappa shape index (κ1) is 17.2. The Bertz CT molecular complexity index is 624. The van der Waals surface area contributed by atoms with Gasteiger partial charge >= 0.3 is 0 Å².